The van der Waals surface area contributed by atoms with Crippen molar-refractivity contribution in [3.05, 3.63) is 178 Å². The van der Waals surface area contributed by atoms with Crippen LogP contribution in [0.4, 0.5) is 8.78 Å². The number of rotatable bonds is 18. The molecule has 68 heavy (non-hydrogen) atoms. The van der Waals surface area contributed by atoms with Crippen molar-refractivity contribution < 1.29 is 37.5 Å². The quantitative estimate of drug-likeness (QED) is 0.0926. The Kier molecular flexibility index (Phi) is 14.0. The molecule has 2 aliphatic heterocycles. The summed E-state index contributed by atoms with van der Waals surface area (Å²) in [6, 6.07) is 38.5. The highest BCUT2D eigenvalue weighted by Crippen LogP contribution is 2.50. The van der Waals surface area contributed by atoms with E-state index in [0.717, 1.165) is 29.5 Å². The summed E-state index contributed by atoms with van der Waals surface area (Å²) in [6.45, 7) is 0.530. The fourth-order valence-corrected chi connectivity index (χ4v) is 10.4. The van der Waals surface area contributed by atoms with Crippen molar-refractivity contribution in [3.63, 3.8) is 0 Å². The van der Waals surface area contributed by atoms with E-state index in [1.165, 1.54) is 34.7 Å². The standard InChI is InChI=1S/C56H56F2N4O6/c57-42-22-14-35(15-23-42)8-7-13-51(63)46-31-61(33-48(46)53(65)59-27-26-36-16-24-43(58)25-17-36)55(67)39-18-20-40(21-19-39)56(68)62-32-47(52(64)29-41-28-44(41)37-9-3-1-4-10-37)49(34-62)54(66)60-50-30-45(50)38-11-5-2-6-12-38/h1-6,9-12,14-25,41,44-50H,7-8,13,26-34H2,(H,59,65)(H,60,66)/t41?,44-,45-,46+,47-,48+,49-,50?/m1/s1. The molecule has 2 N–H and O–H groups in total. The third kappa shape index (κ3) is 11.0. The summed E-state index contributed by atoms with van der Waals surface area (Å²) in [5.41, 5.74) is 4.68. The molecule has 2 aliphatic carbocycles. The summed E-state index contributed by atoms with van der Waals surface area (Å²) in [5.74, 6) is -4.31. The fraction of sp³-hybridized carbons (Fsp3) is 0.357. The second-order valence-corrected chi connectivity index (χ2v) is 19.1. The average Bonchev–Trinajstić information content (AvgIpc) is 4.20. The van der Waals surface area contributed by atoms with Crippen molar-refractivity contribution in [2.24, 2.45) is 29.6 Å². The summed E-state index contributed by atoms with van der Waals surface area (Å²) >= 11 is 0. The molecule has 350 valence electrons. The van der Waals surface area contributed by atoms with E-state index in [4.69, 9.17) is 0 Å². The molecule has 2 unspecified atom stereocenters. The minimum atomic E-state index is -0.796. The molecule has 4 fully saturated rings. The zero-order valence-electron chi connectivity index (χ0n) is 37.9. The van der Waals surface area contributed by atoms with Gasteiger partial charge in [0.2, 0.25) is 11.8 Å². The number of benzene rings is 5. The van der Waals surface area contributed by atoms with Crippen LogP contribution in [0.1, 0.15) is 86.9 Å². The van der Waals surface area contributed by atoms with Crippen molar-refractivity contribution in [1.29, 1.82) is 0 Å². The number of carbonyl (C=O) groups excluding carboxylic acids is 6. The number of likely N-dealkylation sites (tertiary alicyclic amines) is 2. The predicted molar refractivity (Wildman–Crippen MR) is 252 cm³/mol. The van der Waals surface area contributed by atoms with Crippen LogP contribution in [0.2, 0.25) is 0 Å². The van der Waals surface area contributed by atoms with Crippen molar-refractivity contribution >= 4 is 35.2 Å². The summed E-state index contributed by atoms with van der Waals surface area (Å²) in [7, 11) is 0. The first kappa shape index (κ1) is 46.3. The molecule has 2 saturated carbocycles. The van der Waals surface area contributed by atoms with Gasteiger partial charge < -0.3 is 20.4 Å². The molecule has 8 atom stereocenters. The third-order valence-electron chi connectivity index (χ3n) is 14.5. The molecule has 0 bridgehead atoms. The van der Waals surface area contributed by atoms with Gasteiger partial charge in [-0.05, 0) is 115 Å². The van der Waals surface area contributed by atoms with Crippen molar-refractivity contribution in [3.8, 4) is 0 Å². The maximum atomic E-state index is 14.2. The Morgan fingerprint density at radius 1 is 0.515 bits per heavy atom. The second kappa shape index (κ2) is 20.6. The fourth-order valence-electron chi connectivity index (χ4n) is 10.4. The van der Waals surface area contributed by atoms with Gasteiger partial charge in [-0.2, -0.15) is 0 Å². The van der Waals surface area contributed by atoms with Crippen LogP contribution in [0.15, 0.2) is 133 Å². The van der Waals surface area contributed by atoms with E-state index < -0.39 is 23.7 Å². The van der Waals surface area contributed by atoms with Crippen LogP contribution >= 0.6 is 0 Å². The molecule has 2 saturated heterocycles. The van der Waals surface area contributed by atoms with Crippen LogP contribution in [0.5, 0.6) is 0 Å². The van der Waals surface area contributed by atoms with Crippen LogP contribution in [0.3, 0.4) is 0 Å². The maximum Gasteiger partial charge on any atom is 0.253 e. The zero-order chi connectivity index (χ0) is 47.3. The van der Waals surface area contributed by atoms with Gasteiger partial charge >= 0.3 is 0 Å². The number of carbonyl (C=O) groups is 6. The van der Waals surface area contributed by atoms with Crippen LogP contribution in [-0.2, 0) is 32.0 Å². The highest BCUT2D eigenvalue weighted by Gasteiger charge is 2.49. The molecule has 0 radical (unpaired) electrons. The Morgan fingerprint density at radius 3 is 1.56 bits per heavy atom. The average molecular weight is 919 g/mol. The Bertz CT molecular complexity index is 2480. The monoisotopic (exact) mass is 918 g/mol. The molecule has 4 aliphatic rings. The van der Waals surface area contributed by atoms with Gasteiger partial charge in [-0.15, -0.1) is 0 Å². The van der Waals surface area contributed by atoms with E-state index in [9.17, 15) is 37.5 Å². The van der Waals surface area contributed by atoms with E-state index >= 15 is 0 Å². The highest BCUT2D eigenvalue weighted by molar-refractivity contribution is 6.00. The Morgan fingerprint density at radius 2 is 1.00 bits per heavy atom. The largest absolute Gasteiger partial charge is 0.355 e. The molecule has 0 spiro atoms. The number of ketones is 2. The van der Waals surface area contributed by atoms with Crippen LogP contribution in [-0.4, -0.2) is 83.8 Å². The van der Waals surface area contributed by atoms with Gasteiger partial charge in [-0.25, -0.2) is 8.78 Å². The Labute approximate surface area is 395 Å². The first-order valence-corrected chi connectivity index (χ1v) is 23.9. The lowest BCUT2D eigenvalue weighted by molar-refractivity contribution is -0.132. The lowest BCUT2D eigenvalue weighted by atomic mass is 9.88. The van der Waals surface area contributed by atoms with E-state index in [1.54, 1.807) is 53.4 Å². The lowest BCUT2D eigenvalue weighted by Gasteiger charge is -2.18. The molecule has 0 aromatic heterocycles. The molecular formula is C56H56F2N4O6. The number of hydrogen-bond acceptors (Lipinski definition) is 6. The Balaban J connectivity index is 0.849. The lowest BCUT2D eigenvalue weighted by Crippen LogP contribution is -2.39. The molecule has 4 amide bonds. The topological polar surface area (TPSA) is 133 Å². The highest BCUT2D eigenvalue weighted by atomic mass is 19.1. The number of nitrogens with zero attached hydrogens (tertiary/aromatic N) is 2. The van der Waals surface area contributed by atoms with E-state index in [0.29, 0.717) is 37.2 Å². The number of nitrogens with one attached hydrogen (secondary N) is 2. The normalized spacial score (nSPS) is 23.7. The van der Waals surface area contributed by atoms with E-state index in [2.05, 4.69) is 34.9 Å². The smallest absolute Gasteiger partial charge is 0.253 e. The van der Waals surface area contributed by atoms with Gasteiger partial charge in [-0.3, -0.25) is 28.8 Å². The van der Waals surface area contributed by atoms with E-state index in [1.807, 2.05) is 36.4 Å². The molecule has 5 aromatic rings. The van der Waals surface area contributed by atoms with Crippen LogP contribution in [0, 0.1) is 41.2 Å². The molecule has 10 nitrogen and oxygen atoms in total. The zero-order valence-corrected chi connectivity index (χ0v) is 37.9. The number of hydrogen-bond donors (Lipinski definition) is 2. The minimum Gasteiger partial charge on any atom is -0.355 e. The first-order valence-electron chi connectivity index (χ1n) is 23.9. The molecule has 5 aromatic carbocycles. The van der Waals surface area contributed by atoms with Gasteiger partial charge in [0, 0.05) is 80.5 Å². The molecule has 2 heterocycles. The van der Waals surface area contributed by atoms with Crippen molar-refractivity contribution in [2.75, 3.05) is 32.7 Å². The predicted octanol–water partition coefficient (Wildman–Crippen LogP) is 7.73. The molecular weight excluding hydrogens is 863 g/mol. The summed E-state index contributed by atoms with van der Waals surface area (Å²) < 4.78 is 26.9. The minimum absolute atomic E-state index is 0.00428. The number of halogens is 2. The third-order valence-corrected chi connectivity index (χ3v) is 14.5. The molecule has 12 heteroatoms. The van der Waals surface area contributed by atoms with Gasteiger partial charge in [0.25, 0.3) is 11.8 Å². The SMILES string of the molecule is O=C(CCCc1ccc(F)cc1)[C@H]1CN(C(=O)c2ccc(C(=O)N3C[C@@H](C(=O)CC4C[C@@H]4c4ccccc4)[C@H](C(=O)NC4C[C@@H]4c4ccccc4)C3)cc2)C[C@@H]1C(=O)NCCc1ccc(F)cc1. The van der Waals surface area contributed by atoms with Crippen molar-refractivity contribution in [1.82, 2.24) is 20.4 Å². The van der Waals surface area contributed by atoms with Crippen LogP contribution in [0.25, 0.3) is 0 Å². The van der Waals surface area contributed by atoms with Crippen LogP contribution < -0.4 is 10.6 Å². The Hall–Kier alpha value is -6.82. The maximum absolute atomic E-state index is 14.2. The summed E-state index contributed by atoms with van der Waals surface area (Å²) in [5, 5.41) is 6.12. The molecule has 9 rings (SSSR count). The van der Waals surface area contributed by atoms with Gasteiger partial charge in [0.05, 0.1) is 11.8 Å². The van der Waals surface area contributed by atoms with Gasteiger partial charge in [0.1, 0.15) is 23.2 Å². The van der Waals surface area contributed by atoms with Gasteiger partial charge in [0.15, 0.2) is 0 Å². The number of Topliss-reactive ketones (excluding diaryl/α,β-unsaturated/α-hetero) is 2. The summed E-state index contributed by atoms with van der Waals surface area (Å²) in [6.07, 6.45) is 3.75. The summed E-state index contributed by atoms with van der Waals surface area (Å²) in [4.78, 5) is 86.8. The van der Waals surface area contributed by atoms with Gasteiger partial charge in [-0.1, -0.05) is 84.9 Å². The number of amides is 4. The number of aryl methyl sites for hydroxylation is 1. The van der Waals surface area contributed by atoms with E-state index in [-0.39, 0.29) is 109 Å². The van der Waals surface area contributed by atoms with Crippen molar-refractivity contribution in [2.45, 2.75) is 62.8 Å². The second-order valence-electron chi connectivity index (χ2n) is 19.1. The first-order chi connectivity index (χ1) is 33.0.